The Labute approximate surface area is 233 Å². The van der Waals surface area contributed by atoms with Crippen molar-refractivity contribution in [1.29, 1.82) is 0 Å². The molecule has 2 aromatic carbocycles. The van der Waals surface area contributed by atoms with Crippen LogP contribution in [0.2, 0.25) is 0 Å². The minimum absolute atomic E-state index is 0. The van der Waals surface area contributed by atoms with E-state index in [2.05, 4.69) is 16.1 Å². The molecule has 2 aromatic rings. The largest absolute Gasteiger partial charge is 1.00 e. The second kappa shape index (κ2) is 9.76. The molecule has 0 radical (unpaired) electrons. The van der Waals surface area contributed by atoms with Gasteiger partial charge in [-0.05, 0) is 91.4 Å². The number of hydrogen-bond donors (Lipinski definition) is 1. The molecular formula is C24H28KN3O3S. The van der Waals surface area contributed by atoms with Gasteiger partial charge < -0.3 is 14.9 Å². The topological polar surface area (TPSA) is 80.6 Å². The van der Waals surface area contributed by atoms with Crippen LogP contribution in [0.4, 0.5) is 16.2 Å². The average Bonchev–Trinajstić information content (AvgIpc) is 3.41. The number of amides is 2. The fourth-order valence-corrected chi connectivity index (χ4v) is 6.62. The predicted molar refractivity (Wildman–Crippen MR) is 124 cm³/mol. The van der Waals surface area contributed by atoms with Gasteiger partial charge in [-0.1, -0.05) is 24.3 Å². The van der Waals surface area contributed by atoms with Crippen LogP contribution in [0.15, 0.2) is 30.3 Å². The van der Waals surface area contributed by atoms with Crippen molar-refractivity contribution < 1.29 is 64.6 Å². The first-order chi connectivity index (χ1) is 15.0. The molecule has 1 atom stereocenters. The Hall–Kier alpha value is -0.904. The van der Waals surface area contributed by atoms with E-state index >= 15 is 0 Å². The summed E-state index contributed by atoms with van der Waals surface area (Å²) in [6, 6.07) is 9.37. The molecule has 8 heteroatoms. The molecule has 2 amide bonds. The normalized spacial score (nSPS) is 18.9. The van der Waals surface area contributed by atoms with E-state index in [0.29, 0.717) is 19.5 Å². The van der Waals surface area contributed by atoms with Gasteiger partial charge in [-0.2, -0.15) is 0 Å². The molecule has 0 bridgehead atoms. The van der Waals surface area contributed by atoms with Crippen LogP contribution in [0.1, 0.15) is 47.6 Å². The van der Waals surface area contributed by atoms with E-state index in [1.54, 1.807) is 0 Å². The van der Waals surface area contributed by atoms with Gasteiger partial charge in [0.15, 0.2) is 16.1 Å². The van der Waals surface area contributed by atoms with Crippen molar-refractivity contribution in [3.63, 3.8) is 0 Å². The predicted octanol–water partition coefficient (Wildman–Crippen LogP) is 1.35. The zero-order valence-corrected chi connectivity index (χ0v) is 22.8. The number of benzene rings is 2. The second-order valence-electron chi connectivity index (χ2n) is 8.76. The van der Waals surface area contributed by atoms with Crippen LogP contribution in [0.25, 0.3) is 4.72 Å². The number of nitrogens with zero attached hydrogens (tertiary/aromatic N) is 2. The maximum absolute atomic E-state index is 13.1. The molecule has 0 spiro atoms. The summed E-state index contributed by atoms with van der Waals surface area (Å²) in [5.41, 5.74) is 7.81. The molecule has 6 nitrogen and oxygen atoms in total. The van der Waals surface area contributed by atoms with Gasteiger partial charge >= 0.3 is 51.4 Å². The molecule has 0 aromatic heterocycles. The van der Waals surface area contributed by atoms with Crippen molar-refractivity contribution in [3.8, 4) is 0 Å². The number of hydrogen-bond acceptors (Lipinski definition) is 4. The SMILES string of the molecule is CCN1CC(S(=O)(=O)[N-]C(=O)Nc2c3c(cc4c2CCC4)CCC3)Cc2ccccc21.[K+]. The Balaban J connectivity index is 0.00000245. The Bertz CT molecular complexity index is 1120. The van der Waals surface area contributed by atoms with Gasteiger partial charge in [-0.25, -0.2) is 8.42 Å². The quantitative estimate of drug-likeness (QED) is 0.675. The molecule has 1 aliphatic heterocycles. The number of carbonyl (C=O) groups excluding carboxylic acids is 1. The number of nitrogens with one attached hydrogen (secondary N) is 1. The second-order valence-corrected chi connectivity index (χ2v) is 10.6. The maximum atomic E-state index is 13.1. The van der Waals surface area contributed by atoms with Gasteiger partial charge in [0.1, 0.15) is 0 Å². The van der Waals surface area contributed by atoms with Gasteiger partial charge in [0, 0.05) is 18.8 Å². The van der Waals surface area contributed by atoms with Crippen molar-refractivity contribution in [1.82, 2.24) is 0 Å². The zero-order valence-electron chi connectivity index (χ0n) is 18.9. The van der Waals surface area contributed by atoms with Crippen LogP contribution in [0, 0.1) is 0 Å². The van der Waals surface area contributed by atoms with Gasteiger partial charge in [0.05, 0.1) is 5.25 Å². The molecule has 3 aliphatic rings. The van der Waals surface area contributed by atoms with E-state index in [4.69, 9.17) is 0 Å². The monoisotopic (exact) mass is 477 g/mol. The van der Waals surface area contributed by atoms with Crippen LogP contribution in [-0.4, -0.2) is 32.8 Å². The van der Waals surface area contributed by atoms with Crippen LogP contribution in [-0.2, 0) is 42.1 Å². The van der Waals surface area contributed by atoms with Crippen molar-refractivity contribution >= 4 is 27.4 Å². The summed E-state index contributed by atoms with van der Waals surface area (Å²) in [4.78, 5) is 14.8. The first kappa shape index (κ1) is 24.2. The summed E-state index contributed by atoms with van der Waals surface area (Å²) in [7, 11) is -3.95. The number of fused-ring (bicyclic) bond motifs is 3. The number of carbonyl (C=O) groups is 1. The maximum Gasteiger partial charge on any atom is 1.00 e. The molecular weight excluding hydrogens is 449 g/mol. The summed E-state index contributed by atoms with van der Waals surface area (Å²) in [6.07, 6.45) is 6.42. The molecule has 1 heterocycles. The number of rotatable bonds is 4. The van der Waals surface area contributed by atoms with Crippen LogP contribution < -0.4 is 61.6 Å². The van der Waals surface area contributed by atoms with Gasteiger partial charge in [0.2, 0.25) is 0 Å². The molecule has 0 fully saturated rings. The third-order valence-corrected chi connectivity index (χ3v) is 8.50. The van der Waals surface area contributed by atoms with Crippen LogP contribution in [0.3, 0.4) is 0 Å². The molecule has 0 saturated carbocycles. The Morgan fingerprint density at radius 1 is 1.06 bits per heavy atom. The smallest absolute Gasteiger partial charge is 0.423 e. The van der Waals surface area contributed by atoms with Crippen molar-refractivity contribution in [2.45, 2.75) is 57.1 Å². The molecule has 2 aliphatic carbocycles. The number of sulfonamides is 1. The summed E-state index contributed by atoms with van der Waals surface area (Å²) < 4.78 is 29.9. The third kappa shape index (κ3) is 4.54. The third-order valence-electron chi connectivity index (χ3n) is 6.92. The van der Waals surface area contributed by atoms with E-state index in [1.165, 1.54) is 22.3 Å². The molecule has 5 rings (SSSR count). The van der Waals surface area contributed by atoms with E-state index in [0.717, 1.165) is 55.5 Å². The number of aryl methyl sites for hydroxylation is 2. The number of para-hydroxylation sites is 1. The minimum atomic E-state index is -3.95. The zero-order chi connectivity index (χ0) is 21.6. The summed E-state index contributed by atoms with van der Waals surface area (Å²) >= 11 is 0. The molecule has 164 valence electrons. The molecule has 0 saturated heterocycles. The average molecular weight is 478 g/mol. The number of anilines is 2. The fraction of sp³-hybridized carbons (Fsp3) is 0.458. The van der Waals surface area contributed by atoms with E-state index in [-0.39, 0.29) is 51.4 Å². The van der Waals surface area contributed by atoms with E-state index < -0.39 is 21.3 Å². The standard InChI is InChI=1S/C24H29N3O3S.K/c1-2-27-15-19(14-18-7-3-4-12-22(18)27)31(29,30)26-24(28)25-23-20-10-5-8-16(20)13-17-9-6-11-21(17)23;/h3-4,7,12-13,19H,2,5-6,8-11,14-15H2,1H3,(H2,25,26,28);/q;+1/p-1. The van der Waals surface area contributed by atoms with Gasteiger partial charge in [-0.15, -0.1) is 0 Å². The summed E-state index contributed by atoms with van der Waals surface area (Å²) in [5, 5.41) is 2.16. The van der Waals surface area contributed by atoms with Crippen molar-refractivity contribution in [3.05, 3.63) is 62.9 Å². The van der Waals surface area contributed by atoms with E-state index in [9.17, 15) is 13.2 Å². The Kier molecular flexibility index (Phi) is 7.39. The van der Waals surface area contributed by atoms with Crippen LogP contribution >= 0.6 is 0 Å². The van der Waals surface area contributed by atoms with E-state index in [1.807, 2.05) is 36.1 Å². The first-order valence-electron chi connectivity index (χ1n) is 11.2. The first-order valence-corrected chi connectivity index (χ1v) is 12.7. The van der Waals surface area contributed by atoms with Crippen LogP contribution in [0.5, 0.6) is 0 Å². The summed E-state index contributed by atoms with van der Waals surface area (Å²) in [5.74, 6) is 0. The van der Waals surface area contributed by atoms with Crippen molar-refractivity contribution in [2.75, 3.05) is 23.3 Å². The van der Waals surface area contributed by atoms with Crippen molar-refractivity contribution in [2.24, 2.45) is 0 Å². The molecule has 1 N–H and O–H groups in total. The Morgan fingerprint density at radius 3 is 2.38 bits per heavy atom. The minimum Gasteiger partial charge on any atom is -0.423 e. The molecule has 1 unspecified atom stereocenters. The fourth-order valence-electron chi connectivity index (χ4n) is 5.43. The molecule has 32 heavy (non-hydrogen) atoms. The number of urea groups is 1. The van der Waals surface area contributed by atoms with Gasteiger partial charge in [-0.3, -0.25) is 4.79 Å². The Morgan fingerprint density at radius 2 is 1.72 bits per heavy atom. The summed E-state index contributed by atoms with van der Waals surface area (Å²) in [6.45, 7) is 3.06. The van der Waals surface area contributed by atoms with Gasteiger partial charge in [0.25, 0.3) is 0 Å².